The Kier molecular flexibility index (Phi) is 5.09. The highest BCUT2D eigenvalue weighted by molar-refractivity contribution is 5.79. The maximum Gasteiger partial charge on any atom is 0.224 e. The van der Waals surface area contributed by atoms with Crippen molar-refractivity contribution >= 4 is 5.91 Å². The molecular weight excluding hydrogens is 188 g/mol. The van der Waals surface area contributed by atoms with Gasteiger partial charge in [0.2, 0.25) is 5.91 Å². The second-order valence-electron chi connectivity index (χ2n) is 5.08. The van der Waals surface area contributed by atoms with Crippen molar-refractivity contribution in [1.29, 1.82) is 0 Å². The molecule has 1 aliphatic rings. The van der Waals surface area contributed by atoms with Crippen LogP contribution < -0.4 is 10.6 Å². The van der Waals surface area contributed by atoms with E-state index in [2.05, 4.69) is 31.4 Å². The van der Waals surface area contributed by atoms with E-state index in [9.17, 15) is 4.79 Å². The molecule has 1 amide bonds. The molecule has 0 radical (unpaired) electrons. The number of carbonyl (C=O) groups excluding carboxylic acids is 1. The van der Waals surface area contributed by atoms with Crippen LogP contribution in [0, 0.1) is 11.8 Å². The van der Waals surface area contributed by atoms with Gasteiger partial charge in [0, 0.05) is 12.6 Å². The molecule has 3 heteroatoms. The molecule has 2 N–H and O–H groups in total. The van der Waals surface area contributed by atoms with Gasteiger partial charge in [-0.05, 0) is 38.6 Å². The van der Waals surface area contributed by atoms with E-state index in [1.165, 1.54) is 0 Å². The molecule has 0 saturated carbocycles. The van der Waals surface area contributed by atoms with E-state index in [1.807, 2.05) is 0 Å². The molecule has 0 aliphatic carbocycles. The van der Waals surface area contributed by atoms with Gasteiger partial charge in [0.05, 0.1) is 5.92 Å². The summed E-state index contributed by atoms with van der Waals surface area (Å²) in [5, 5.41) is 6.37. The summed E-state index contributed by atoms with van der Waals surface area (Å²) in [6.45, 7) is 8.37. The predicted molar refractivity (Wildman–Crippen MR) is 62.7 cm³/mol. The minimum atomic E-state index is 0.188. The Morgan fingerprint density at radius 2 is 2.20 bits per heavy atom. The normalized spacial score (nSPS) is 23.9. The first-order chi connectivity index (χ1) is 7.09. The molecule has 1 fully saturated rings. The highest BCUT2D eigenvalue weighted by Gasteiger charge is 2.21. The summed E-state index contributed by atoms with van der Waals surface area (Å²) in [5.74, 6) is 1.06. The zero-order chi connectivity index (χ0) is 11.3. The van der Waals surface area contributed by atoms with Gasteiger partial charge < -0.3 is 10.6 Å². The minimum Gasteiger partial charge on any atom is -0.353 e. The first-order valence-electron chi connectivity index (χ1n) is 6.10. The monoisotopic (exact) mass is 212 g/mol. The SMILES string of the molecule is CC(C)CC(C)NC(=O)[C@H]1CCCNC1. The number of amides is 1. The van der Waals surface area contributed by atoms with Crippen molar-refractivity contribution in [2.75, 3.05) is 13.1 Å². The lowest BCUT2D eigenvalue weighted by Gasteiger charge is -2.24. The largest absolute Gasteiger partial charge is 0.353 e. The van der Waals surface area contributed by atoms with Crippen LogP contribution in [0.5, 0.6) is 0 Å². The molecule has 0 aromatic heterocycles. The fourth-order valence-electron chi connectivity index (χ4n) is 2.20. The topological polar surface area (TPSA) is 41.1 Å². The molecule has 1 rings (SSSR count). The van der Waals surface area contributed by atoms with E-state index in [0.717, 1.165) is 32.4 Å². The number of hydrogen-bond acceptors (Lipinski definition) is 2. The Bertz CT molecular complexity index is 198. The van der Waals surface area contributed by atoms with Crippen LogP contribution in [-0.4, -0.2) is 25.0 Å². The Labute approximate surface area is 93.0 Å². The van der Waals surface area contributed by atoms with Crippen molar-refractivity contribution in [2.24, 2.45) is 11.8 Å². The first kappa shape index (κ1) is 12.5. The third-order valence-corrected chi connectivity index (χ3v) is 2.88. The van der Waals surface area contributed by atoms with Crippen molar-refractivity contribution in [3.63, 3.8) is 0 Å². The summed E-state index contributed by atoms with van der Waals surface area (Å²) < 4.78 is 0. The first-order valence-corrected chi connectivity index (χ1v) is 6.10. The van der Waals surface area contributed by atoms with Crippen LogP contribution in [0.1, 0.15) is 40.0 Å². The van der Waals surface area contributed by atoms with Gasteiger partial charge in [-0.1, -0.05) is 13.8 Å². The van der Waals surface area contributed by atoms with Crippen LogP contribution >= 0.6 is 0 Å². The lowest BCUT2D eigenvalue weighted by Crippen LogP contribution is -2.43. The van der Waals surface area contributed by atoms with Gasteiger partial charge in [-0.2, -0.15) is 0 Å². The van der Waals surface area contributed by atoms with E-state index < -0.39 is 0 Å². The van der Waals surface area contributed by atoms with Gasteiger partial charge in [0.25, 0.3) is 0 Å². The van der Waals surface area contributed by atoms with Gasteiger partial charge >= 0.3 is 0 Å². The minimum absolute atomic E-state index is 0.188. The van der Waals surface area contributed by atoms with Crippen molar-refractivity contribution in [2.45, 2.75) is 46.1 Å². The second kappa shape index (κ2) is 6.11. The Balaban J connectivity index is 2.27. The smallest absolute Gasteiger partial charge is 0.224 e. The van der Waals surface area contributed by atoms with Crippen LogP contribution in [0.2, 0.25) is 0 Å². The standard InChI is InChI=1S/C12H24N2O/c1-9(2)7-10(3)14-12(15)11-5-4-6-13-8-11/h9-11,13H,4-8H2,1-3H3,(H,14,15)/t10?,11-/m0/s1. The van der Waals surface area contributed by atoms with E-state index in [0.29, 0.717) is 12.0 Å². The lowest BCUT2D eigenvalue weighted by molar-refractivity contribution is -0.126. The molecule has 3 nitrogen and oxygen atoms in total. The van der Waals surface area contributed by atoms with Crippen molar-refractivity contribution in [3.05, 3.63) is 0 Å². The van der Waals surface area contributed by atoms with Gasteiger partial charge in [-0.15, -0.1) is 0 Å². The van der Waals surface area contributed by atoms with Gasteiger partial charge in [-0.3, -0.25) is 4.79 Å². The number of rotatable bonds is 4. The Morgan fingerprint density at radius 1 is 1.47 bits per heavy atom. The second-order valence-corrected chi connectivity index (χ2v) is 5.08. The number of nitrogens with one attached hydrogen (secondary N) is 2. The summed E-state index contributed by atoms with van der Waals surface area (Å²) in [4.78, 5) is 11.8. The highest BCUT2D eigenvalue weighted by Crippen LogP contribution is 2.11. The summed E-state index contributed by atoms with van der Waals surface area (Å²) in [5.41, 5.74) is 0. The van der Waals surface area contributed by atoms with Crippen LogP contribution in [0.4, 0.5) is 0 Å². The quantitative estimate of drug-likeness (QED) is 0.742. The van der Waals surface area contributed by atoms with Gasteiger partial charge in [0.1, 0.15) is 0 Å². The summed E-state index contributed by atoms with van der Waals surface area (Å²) in [6, 6.07) is 0.305. The molecule has 0 aromatic carbocycles. The van der Waals surface area contributed by atoms with Crippen LogP contribution in [0.15, 0.2) is 0 Å². The molecule has 1 aliphatic heterocycles. The maximum atomic E-state index is 11.8. The molecule has 1 unspecified atom stereocenters. The third-order valence-electron chi connectivity index (χ3n) is 2.88. The zero-order valence-corrected chi connectivity index (χ0v) is 10.2. The van der Waals surface area contributed by atoms with Crippen molar-refractivity contribution in [1.82, 2.24) is 10.6 Å². The molecule has 15 heavy (non-hydrogen) atoms. The molecule has 88 valence electrons. The fraction of sp³-hybridized carbons (Fsp3) is 0.917. The average Bonchev–Trinajstić information content (AvgIpc) is 2.17. The van der Waals surface area contributed by atoms with E-state index >= 15 is 0 Å². The lowest BCUT2D eigenvalue weighted by atomic mass is 9.97. The summed E-state index contributed by atoms with van der Waals surface area (Å²) in [7, 11) is 0. The van der Waals surface area contributed by atoms with Crippen molar-refractivity contribution in [3.8, 4) is 0 Å². The fourth-order valence-corrected chi connectivity index (χ4v) is 2.20. The summed E-state index contributed by atoms with van der Waals surface area (Å²) in [6.07, 6.45) is 3.22. The van der Waals surface area contributed by atoms with Crippen LogP contribution in [-0.2, 0) is 4.79 Å². The van der Waals surface area contributed by atoms with Gasteiger partial charge in [-0.25, -0.2) is 0 Å². The molecule has 1 saturated heterocycles. The summed E-state index contributed by atoms with van der Waals surface area (Å²) >= 11 is 0. The number of piperidine rings is 1. The molecule has 2 atom stereocenters. The zero-order valence-electron chi connectivity index (χ0n) is 10.2. The maximum absolute atomic E-state index is 11.8. The molecule has 1 heterocycles. The van der Waals surface area contributed by atoms with E-state index in [4.69, 9.17) is 0 Å². The molecular formula is C12H24N2O. The molecule has 0 aromatic rings. The van der Waals surface area contributed by atoms with E-state index in [1.54, 1.807) is 0 Å². The molecule has 0 bridgehead atoms. The average molecular weight is 212 g/mol. The van der Waals surface area contributed by atoms with Gasteiger partial charge in [0.15, 0.2) is 0 Å². The number of carbonyl (C=O) groups is 1. The van der Waals surface area contributed by atoms with E-state index in [-0.39, 0.29) is 11.8 Å². The van der Waals surface area contributed by atoms with Crippen molar-refractivity contribution < 1.29 is 4.79 Å². The third kappa shape index (κ3) is 4.65. The Morgan fingerprint density at radius 3 is 2.73 bits per heavy atom. The van der Waals surface area contributed by atoms with Crippen LogP contribution in [0.25, 0.3) is 0 Å². The highest BCUT2D eigenvalue weighted by atomic mass is 16.1. The van der Waals surface area contributed by atoms with Crippen LogP contribution in [0.3, 0.4) is 0 Å². The molecule has 0 spiro atoms. The Hall–Kier alpha value is -0.570. The number of hydrogen-bond donors (Lipinski definition) is 2. The predicted octanol–water partition coefficient (Wildman–Crippen LogP) is 1.54.